The van der Waals surface area contributed by atoms with Crippen molar-refractivity contribution >= 4 is 15.9 Å². The molecule has 1 unspecified atom stereocenters. The lowest BCUT2D eigenvalue weighted by Gasteiger charge is -2.21. The van der Waals surface area contributed by atoms with Crippen molar-refractivity contribution in [3.8, 4) is 5.75 Å². The molecule has 0 aliphatic rings. The average molecular weight is 290 g/mol. The lowest BCUT2D eigenvalue weighted by atomic mass is 10.1. The average Bonchev–Trinajstić information content (AvgIpc) is 2.28. The third-order valence-electron chi connectivity index (χ3n) is 2.38. The number of hydrogen-bond donors (Lipinski definition) is 4. The molecule has 0 bridgehead atoms. The Kier molecular flexibility index (Phi) is 5.21. The summed E-state index contributed by atoms with van der Waals surface area (Å²) >= 11 is 3.33. The van der Waals surface area contributed by atoms with Gasteiger partial charge in [0.15, 0.2) is 0 Å². The highest BCUT2D eigenvalue weighted by atomic mass is 79.9. The van der Waals surface area contributed by atoms with E-state index in [1.54, 1.807) is 18.2 Å². The number of hydrogen-bond acceptors (Lipinski definition) is 4. The standard InChI is InChI=1S/C11H16BrNO3/c1-7(13-9(5-14)6-15)10-4-8(12)2-3-11(10)16/h2-4,7,9,13-16H,5-6H2,1H3. The van der Waals surface area contributed by atoms with Crippen LogP contribution in [0.5, 0.6) is 5.75 Å². The Morgan fingerprint density at radius 2 is 1.94 bits per heavy atom. The minimum atomic E-state index is -0.381. The van der Waals surface area contributed by atoms with Gasteiger partial charge in [-0.1, -0.05) is 15.9 Å². The number of aliphatic hydroxyl groups is 2. The summed E-state index contributed by atoms with van der Waals surface area (Å²) in [5.41, 5.74) is 0.723. The van der Waals surface area contributed by atoms with E-state index in [-0.39, 0.29) is 31.0 Å². The van der Waals surface area contributed by atoms with Crippen LogP contribution in [0.4, 0.5) is 0 Å². The van der Waals surface area contributed by atoms with E-state index >= 15 is 0 Å². The smallest absolute Gasteiger partial charge is 0.120 e. The van der Waals surface area contributed by atoms with Crippen LogP contribution in [0.25, 0.3) is 0 Å². The molecule has 0 amide bonds. The highest BCUT2D eigenvalue weighted by molar-refractivity contribution is 9.10. The zero-order valence-corrected chi connectivity index (χ0v) is 10.6. The fourth-order valence-electron chi connectivity index (χ4n) is 1.48. The Morgan fingerprint density at radius 1 is 1.31 bits per heavy atom. The Morgan fingerprint density at radius 3 is 2.50 bits per heavy atom. The van der Waals surface area contributed by atoms with Gasteiger partial charge in [0.25, 0.3) is 0 Å². The fourth-order valence-corrected chi connectivity index (χ4v) is 1.86. The van der Waals surface area contributed by atoms with Crippen LogP contribution in [0, 0.1) is 0 Å². The molecule has 4 nitrogen and oxygen atoms in total. The molecule has 0 radical (unpaired) electrons. The minimum Gasteiger partial charge on any atom is -0.508 e. The highest BCUT2D eigenvalue weighted by Gasteiger charge is 2.14. The molecule has 1 aromatic carbocycles. The largest absolute Gasteiger partial charge is 0.508 e. The molecule has 0 aliphatic carbocycles. The monoisotopic (exact) mass is 289 g/mol. The molecule has 1 atom stereocenters. The normalized spacial score (nSPS) is 13.1. The summed E-state index contributed by atoms with van der Waals surface area (Å²) in [6.45, 7) is 1.57. The van der Waals surface area contributed by atoms with Crippen LogP contribution in [-0.2, 0) is 0 Å². The number of nitrogens with one attached hydrogen (secondary N) is 1. The lowest BCUT2D eigenvalue weighted by molar-refractivity contribution is 0.163. The van der Waals surface area contributed by atoms with Crippen molar-refractivity contribution in [2.75, 3.05) is 13.2 Å². The summed E-state index contributed by atoms with van der Waals surface area (Å²) < 4.78 is 0.874. The second kappa shape index (κ2) is 6.20. The summed E-state index contributed by atoms with van der Waals surface area (Å²) in [4.78, 5) is 0. The maximum Gasteiger partial charge on any atom is 0.120 e. The van der Waals surface area contributed by atoms with Crippen LogP contribution >= 0.6 is 15.9 Å². The molecular formula is C11H16BrNO3. The Bertz CT molecular complexity index is 342. The number of phenols is 1. The SMILES string of the molecule is CC(NC(CO)CO)c1cc(Br)ccc1O. The van der Waals surface area contributed by atoms with Crippen molar-refractivity contribution < 1.29 is 15.3 Å². The van der Waals surface area contributed by atoms with Gasteiger partial charge in [-0.25, -0.2) is 0 Å². The predicted octanol–water partition coefficient (Wildman–Crippen LogP) is 1.16. The second-order valence-corrected chi connectivity index (χ2v) is 4.57. The molecule has 16 heavy (non-hydrogen) atoms. The number of benzene rings is 1. The zero-order valence-electron chi connectivity index (χ0n) is 9.02. The van der Waals surface area contributed by atoms with Crippen molar-refractivity contribution in [3.05, 3.63) is 28.2 Å². The predicted molar refractivity (Wildman–Crippen MR) is 65.3 cm³/mol. The first-order valence-electron chi connectivity index (χ1n) is 5.04. The molecule has 0 saturated carbocycles. The zero-order chi connectivity index (χ0) is 12.1. The summed E-state index contributed by atoms with van der Waals surface area (Å²) in [7, 11) is 0. The minimum absolute atomic E-state index is 0.143. The van der Waals surface area contributed by atoms with Crippen LogP contribution in [0.15, 0.2) is 22.7 Å². The van der Waals surface area contributed by atoms with Crippen LogP contribution in [0.2, 0.25) is 0 Å². The Hall–Kier alpha value is -0.620. The second-order valence-electron chi connectivity index (χ2n) is 3.65. The van der Waals surface area contributed by atoms with Gasteiger partial charge in [-0.05, 0) is 25.1 Å². The van der Waals surface area contributed by atoms with Crippen molar-refractivity contribution in [1.82, 2.24) is 5.32 Å². The van der Waals surface area contributed by atoms with Crippen LogP contribution in [0.1, 0.15) is 18.5 Å². The summed E-state index contributed by atoms with van der Waals surface area (Å²) in [6, 6.07) is 4.62. The van der Waals surface area contributed by atoms with Gasteiger partial charge in [-0.15, -0.1) is 0 Å². The van der Waals surface area contributed by atoms with E-state index in [4.69, 9.17) is 10.2 Å². The molecule has 1 rings (SSSR count). The number of halogens is 1. The molecule has 0 aromatic heterocycles. The Balaban J connectivity index is 2.79. The Labute approximate surface area is 103 Å². The molecule has 0 spiro atoms. The lowest BCUT2D eigenvalue weighted by Crippen LogP contribution is -2.37. The molecule has 1 aromatic rings. The van der Waals surface area contributed by atoms with Crippen LogP contribution in [-0.4, -0.2) is 34.6 Å². The van der Waals surface area contributed by atoms with Crippen molar-refractivity contribution in [2.24, 2.45) is 0 Å². The maximum absolute atomic E-state index is 9.68. The van der Waals surface area contributed by atoms with E-state index in [9.17, 15) is 5.11 Å². The van der Waals surface area contributed by atoms with Gasteiger partial charge >= 0.3 is 0 Å². The molecule has 5 heteroatoms. The van der Waals surface area contributed by atoms with E-state index in [0.29, 0.717) is 0 Å². The third kappa shape index (κ3) is 3.45. The summed E-state index contributed by atoms with van der Waals surface area (Å²) in [5, 5.41) is 30.6. The third-order valence-corrected chi connectivity index (χ3v) is 2.88. The molecule has 0 heterocycles. The molecule has 90 valence electrons. The molecule has 0 saturated heterocycles. The van der Waals surface area contributed by atoms with Gasteiger partial charge < -0.3 is 20.6 Å². The summed E-state index contributed by atoms with van der Waals surface area (Å²) in [6.07, 6.45) is 0. The number of rotatable bonds is 5. The first-order valence-corrected chi connectivity index (χ1v) is 5.84. The highest BCUT2D eigenvalue weighted by Crippen LogP contribution is 2.27. The van der Waals surface area contributed by atoms with E-state index in [0.717, 1.165) is 10.0 Å². The number of phenolic OH excluding ortho intramolecular Hbond substituents is 1. The molecular weight excluding hydrogens is 274 g/mol. The molecule has 0 aliphatic heterocycles. The van der Waals surface area contributed by atoms with Gasteiger partial charge in [0.2, 0.25) is 0 Å². The van der Waals surface area contributed by atoms with Gasteiger partial charge in [0, 0.05) is 16.1 Å². The van der Waals surface area contributed by atoms with Crippen molar-refractivity contribution in [3.63, 3.8) is 0 Å². The van der Waals surface area contributed by atoms with E-state index in [1.165, 1.54) is 0 Å². The number of aromatic hydroxyl groups is 1. The summed E-state index contributed by atoms with van der Waals surface area (Å²) in [5.74, 6) is 0.192. The van der Waals surface area contributed by atoms with Crippen molar-refractivity contribution in [2.45, 2.75) is 19.0 Å². The van der Waals surface area contributed by atoms with E-state index in [1.807, 2.05) is 6.92 Å². The maximum atomic E-state index is 9.68. The fraction of sp³-hybridized carbons (Fsp3) is 0.455. The molecule has 0 fully saturated rings. The van der Waals surface area contributed by atoms with Gasteiger partial charge in [-0.3, -0.25) is 0 Å². The van der Waals surface area contributed by atoms with Gasteiger partial charge in [-0.2, -0.15) is 0 Å². The van der Waals surface area contributed by atoms with Crippen LogP contribution < -0.4 is 5.32 Å². The first kappa shape index (κ1) is 13.4. The quantitative estimate of drug-likeness (QED) is 0.656. The molecule has 4 N–H and O–H groups in total. The first-order chi connectivity index (χ1) is 7.58. The van der Waals surface area contributed by atoms with Crippen LogP contribution in [0.3, 0.4) is 0 Å². The van der Waals surface area contributed by atoms with Crippen molar-refractivity contribution in [1.29, 1.82) is 0 Å². The topological polar surface area (TPSA) is 72.7 Å². The number of aliphatic hydroxyl groups excluding tert-OH is 2. The van der Waals surface area contributed by atoms with Gasteiger partial charge in [0.05, 0.1) is 19.3 Å². The van der Waals surface area contributed by atoms with E-state index < -0.39 is 0 Å². The van der Waals surface area contributed by atoms with Gasteiger partial charge in [0.1, 0.15) is 5.75 Å². The van der Waals surface area contributed by atoms with E-state index in [2.05, 4.69) is 21.2 Å².